The van der Waals surface area contributed by atoms with Crippen LogP contribution in [0.2, 0.25) is 0 Å². The molecule has 6 nitrogen and oxygen atoms in total. The van der Waals surface area contributed by atoms with Gasteiger partial charge in [-0.25, -0.2) is 4.68 Å². The van der Waals surface area contributed by atoms with Gasteiger partial charge in [-0.1, -0.05) is 37.7 Å². The average molecular weight is 333 g/mol. The third-order valence-corrected chi connectivity index (χ3v) is 4.57. The summed E-state index contributed by atoms with van der Waals surface area (Å²) < 4.78 is 1.46. The Hall–Kier alpha value is -2.02. The monoisotopic (exact) mass is 333 g/mol. The molecule has 1 aromatic carbocycles. The van der Waals surface area contributed by atoms with Gasteiger partial charge in [0.25, 0.3) is 0 Å². The number of carbonyl (C=O) groups excluding carboxylic acids is 1. The minimum atomic E-state index is -0.332. The van der Waals surface area contributed by atoms with E-state index in [0.29, 0.717) is 11.0 Å². The van der Waals surface area contributed by atoms with Gasteiger partial charge in [0, 0.05) is 11.6 Å². The van der Waals surface area contributed by atoms with E-state index in [4.69, 9.17) is 5.84 Å². The Bertz CT molecular complexity index is 710. The molecule has 23 heavy (non-hydrogen) atoms. The number of aryl methyl sites for hydroxylation is 2. The van der Waals surface area contributed by atoms with Crippen LogP contribution in [0.3, 0.4) is 0 Å². The minimum absolute atomic E-state index is 0.0854. The highest BCUT2D eigenvalue weighted by Crippen LogP contribution is 2.24. The highest BCUT2D eigenvalue weighted by molar-refractivity contribution is 8.00. The van der Waals surface area contributed by atoms with E-state index in [0.717, 1.165) is 16.8 Å². The number of nitrogen functional groups attached to an aromatic ring is 1. The molecule has 1 amide bonds. The fourth-order valence-electron chi connectivity index (χ4n) is 2.08. The van der Waals surface area contributed by atoms with Crippen LogP contribution in [0.15, 0.2) is 23.4 Å². The van der Waals surface area contributed by atoms with E-state index in [2.05, 4.69) is 15.5 Å². The number of anilines is 1. The first-order valence-corrected chi connectivity index (χ1v) is 8.42. The van der Waals surface area contributed by atoms with Gasteiger partial charge in [-0.15, -0.1) is 10.2 Å². The maximum Gasteiger partial charge on any atom is 0.237 e. The lowest BCUT2D eigenvalue weighted by atomic mass is 10.1. The Morgan fingerprint density at radius 3 is 2.57 bits per heavy atom. The number of hydrogen-bond acceptors (Lipinski definition) is 5. The van der Waals surface area contributed by atoms with Crippen LogP contribution in [-0.2, 0) is 4.79 Å². The summed E-state index contributed by atoms with van der Waals surface area (Å²) >= 11 is 1.30. The van der Waals surface area contributed by atoms with Gasteiger partial charge in [-0.2, -0.15) is 0 Å². The maximum atomic E-state index is 12.4. The molecule has 0 bridgehead atoms. The predicted octanol–water partition coefficient (Wildman–Crippen LogP) is 2.85. The Morgan fingerprint density at radius 2 is 1.96 bits per heavy atom. The fourth-order valence-corrected chi connectivity index (χ4v) is 2.86. The van der Waals surface area contributed by atoms with Gasteiger partial charge in [0.05, 0.1) is 5.25 Å². The van der Waals surface area contributed by atoms with E-state index in [9.17, 15) is 4.79 Å². The number of carbonyl (C=O) groups is 1. The molecule has 0 radical (unpaired) electrons. The summed E-state index contributed by atoms with van der Waals surface area (Å²) in [4.78, 5) is 12.4. The van der Waals surface area contributed by atoms with Gasteiger partial charge in [0.15, 0.2) is 5.82 Å². The average Bonchev–Trinajstić information content (AvgIpc) is 2.84. The zero-order valence-corrected chi connectivity index (χ0v) is 14.9. The molecule has 2 aromatic rings. The number of nitrogens with zero attached hydrogens (tertiary/aromatic N) is 3. The molecule has 7 heteroatoms. The smallest absolute Gasteiger partial charge is 0.237 e. The largest absolute Gasteiger partial charge is 0.336 e. The number of benzene rings is 1. The van der Waals surface area contributed by atoms with Gasteiger partial charge < -0.3 is 11.2 Å². The third kappa shape index (κ3) is 4.04. The molecular formula is C16H23N5OS. The molecule has 2 rings (SSSR count). The van der Waals surface area contributed by atoms with Crippen LogP contribution in [0.5, 0.6) is 0 Å². The van der Waals surface area contributed by atoms with Crippen LogP contribution in [0.1, 0.15) is 43.6 Å². The van der Waals surface area contributed by atoms with Crippen molar-refractivity contribution in [1.82, 2.24) is 14.9 Å². The molecule has 0 aliphatic rings. The zero-order chi connectivity index (χ0) is 17.1. The summed E-state index contributed by atoms with van der Waals surface area (Å²) in [7, 11) is 0. The van der Waals surface area contributed by atoms with Crippen molar-refractivity contribution >= 4 is 23.4 Å². The Kier molecular flexibility index (Phi) is 5.30. The van der Waals surface area contributed by atoms with Gasteiger partial charge in [-0.3, -0.25) is 4.79 Å². The Balaban J connectivity index is 2.07. The van der Waals surface area contributed by atoms with Crippen LogP contribution in [-0.4, -0.2) is 26.0 Å². The predicted molar refractivity (Wildman–Crippen MR) is 94.1 cm³/mol. The van der Waals surface area contributed by atoms with Gasteiger partial charge in [0.1, 0.15) is 0 Å². The van der Waals surface area contributed by atoms with Crippen molar-refractivity contribution in [3.8, 4) is 0 Å². The minimum Gasteiger partial charge on any atom is -0.336 e. The van der Waals surface area contributed by atoms with Crippen molar-refractivity contribution in [2.45, 2.75) is 50.9 Å². The summed E-state index contributed by atoms with van der Waals surface area (Å²) in [5.41, 5.74) is 2.97. The first kappa shape index (κ1) is 17.3. The maximum absolute atomic E-state index is 12.4. The van der Waals surface area contributed by atoms with Crippen molar-refractivity contribution < 1.29 is 4.79 Å². The van der Waals surface area contributed by atoms with Crippen molar-refractivity contribution in [3.63, 3.8) is 0 Å². The second kappa shape index (κ2) is 7.04. The number of rotatable bonds is 5. The second-order valence-corrected chi connectivity index (χ2v) is 7.24. The van der Waals surface area contributed by atoms with Gasteiger partial charge in [0.2, 0.25) is 11.1 Å². The fraction of sp³-hybridized carbons (Fsp3) is 0.438. The molecule has 0 aliphatic heterocycles. The molecule has 0 spiro atoms. The molecule has 0 unspecified atom stereocenters. The van der Waals surface area contributed by atoms with Gasteiger partial charge >= 0.3 is 0 Å². The lowest BCUT2D eigenvalue weighted by Gasteiger charge is -2.14. The number of amides is 1. The highest BCUT2D eigenvalue weighted by atomic mass is 32.2. The van der Waals surface area contributed by atoms with Crippen molar-refractivity contribution in [2.24, 2.45) is 0 Å². The zero-order valence-electron chi connectivity index (χ0n) is 14.1. The number of nitrogens with one attached hydrogen (secondary N) is 1. The summed E-state index contributed by atoms with van der Waals surface area (Å²) in [6.07, 6.45) is 0. The van der Waals surface area contributed by atoms with Crippen LogP contribution in [0, 0.1) is 13.8 Å². The molecule has 1 aromatic heterocycles. The summed E-state index contributed by atoms with van der Waals surface area (Å²) in [6, 6.07) is 5.98. The molecule has 0 fully saturated rings. The standard InChI is InChI=1S/C16H23N5OS/c1-9(2)14-19-20-16(21(14)17)23-12(5)15(22)18-13-8-10(3)6-7-11(13)4/h6-9,12H,17H2,1-5H3,(H,18,22)/t12-/m0/s1. The number of aromatic nitrogens is 3. The SMILES string of the molecule is Cc1ccc(C)c(NC(=O)[C@H](C)Sc2nnc(C(C)C)n2N)c1. The van der Waals surface area contributed by atoms with E-state index < -0.39 is 0 Å². The molecule has 0 saturated carbocycles. The van der Waals surface area contributed by atoms with Crippen LogP contribution < -0.4 is 11.2 Å². The van der Waals surface area contributed by atoms with E-state index in [1.807, 2.05) is 52.8 Å². The van der Waals surface area contributed by atoms with Crippen LogP contribution >= 0.6 is 11.8 Å². The van der Waals surface area contributed by atoms with Crippen molar-refractivity contribution in [2.75, 3.05) is 11.2 Å². The summed E-state index contributed by atoms with van der Waals surface area (Å²) in [5, 5.41) is 11.3. The summed E-state index contributed by atoms with van der Waals surface area (Å²) in [6.45, 7) is 9.79. The highest BCUT2D eigenvalue weighted by Gasteiger charge is 2.20. The Labute approximate surface area is 140 Å². The quantitative estimate of drug-likeness (QED) is 0.649. The van der Waals surface area contributed by atoms with Crippen molar-refractivity contribution in [1.29, 1.82) is 0 Å². The lowest BCUT2D eigenvalue weighted by Crippen LogP contribution is -2.24. The second-order valence-electron chi connectivity index (χ2n) is 5.93. The molecular weight excluding hydrogens is 310 g/mol. The van der Waals surface area contributed by atoms with Crippen LogP contribution in [0.25, 0.3) is 0 Å². The first-order chi connectivity index (χ1) is 10.8. The number of nitrogens with two attached hydrogens (primary N) is 1. The number of hydrogen-bond donors (Lipinski definition) is 2. The lowest BCUT2D eigenvalue weighted by molar-refractivity contribution is -0.115. The molecule has 0 saturated heterocycles. The molecule has 1 atom stereocenters. The molecule has 1 heterocycles. The van der Waals surface area contributed by atoms with E-state index in [-0.39, 0.29) is 17.1 Å². The first-order valence-electron chi connectivity index (χ1n) is 7.54. The summed E-state index contributed by atoms with van der Waals surface area (Å²) in [5.74, 6) is 6.79. The van der Waals surface area contributed by atoms with Crippen LogP contribution in [0.4, 0.5) is 5.69 Å². The molecule has 124 valence electrons. The molecule has 3 N–H and O–H groups in total. The number of thioether (sulfide) groups is 1. The van der Waals surface area contributed by atoms with E-state index >= 15 is 0 Å². The van der Waals surface area contributed by atoms with Gasteiger partial charge in [-0.05, 0) is 38.0 Å². The molecule has 0 aliphatic carbocycles. The van der Waals surface area contributed by atoms with Crippen molar-refractivity contribution in [3.05, 3.63) is 35.2 Å². The topological polar surface area (TPSA) is 85.8 Å². The third-order valence-electron chi connectivity index (χ3n) is 3.51. The normalized spacial score (nSPS) is 12.4. The van der Waals surface area contributed by atoms with E-state index in [1.165, 1.54) is 16.4 Å². The Morgan fingerprint density at radius 1 is 1.26 bits per heavy atom. The van der Waals surface area contributed by atoms with E-state index in [1.54, 1.807) is 0 Å².